The number of nitrogen functional groups attached to an aromatic ring is 1. The maximum atomic E-state index is 9.09. The Balaban J connectivity index is 2.40. The second kappa shape index (κ2) is 3.33. The van der Waals surface area contributed by atoms with E-state index in [1.54, 1.807) is 36.4 Å². The van der Waals surface area contributed by atoms with Crippen LogP contribution in [0.2, 0.25) is 0 Å². The average Bonchev–Trinajstić information content (AvgIpc) is 2.21. The molecule has 4 nitrogen and oxygen atoms in total. The Morgan fingerprint density at radius 3 is 2.21 bits per heavy atom. The SMILES string of the molecule is Nc1ccc(-c2ccc(O)cc2)nn1. The van der Waals surface area contributed by atoms with Gasteiger partial charge in [-0.05, 0) is 36.4 Å². The predicted octanol–water partition coefficient (Wildman–Crippen LogP) is 1.43. The lowest BCUT2D eigenvalue weighted by atomic mass is 10.1. The van der Waals surface area contributed by atoms with Gasteiger partial charge in [-0.3, -0.25) is 0 Å². The molecule has 3 N–H and O–H groups in total. The minimum Gasteiger partial charge on any atom is -0.508 e. The van der Waals surface area contributed by atoms with Crippen molar-refractivity contribution in [1.82, 2.24) is 10.2 Å². The number of hydrogen-bond acceptors (Lipinski definition) is 4. The molecule has 0 saturated carbocycles. The van der Waals surface area contributed by atoms with E-state index >= 15 is 0 Å². The molecule has 2 aromatic rings. The lowest BCUT2D eigenvalue weighted by Crippen LogP contribution is -1.93. The molecule has 14 heavy (non-hydrogen) atoms. The van der Waals surface area contributed by atoms with E-state index in [0.717, 1.165) is 11.3 Å². The van der Waals surface area contributed by atoms with Crippen LogP contribution in [0.4, 0.5) is 5.82 Å². The Morgan fingerprint density at radius 1 is 0.929 bits per heavy atom. The van der Waals surface area contributed by atoms with Crippen molar-refractivity contribution >= 4 is 5.82 Å². The van der Waals surface area contributed by atoms with Crippen LogP contribution in [0.25, 0.3) is 11.3 Å². The summed E-state index contributed by atoms with van der Waals surface area (Å²) in [4.78, 5) is 0. The average molecular weight is 187 g/mol. The zero-order valence-electron chi connectivity index (χ0n) is 7.38. The molecule has 1 aromatic heterocycles. The number of anilines is 1. The molecule has 0 bridgehead atoms. The molecule has 0 amide bonds. The molecule has 2 rings (SSSR count). The number of phenols is 1. The van der Waals surface area contributed by atoms with Crippen molar-refractivity contribution in [3.05, 3.63) is 36.4 Å². The maximum absolute atomic E-state index is 9.09. The van der Waals surface area contributed by atoms with Crippen molar-refractivity contribution in [2.24, 2.45) is 0 Å². The number of aromatic hydroxyl groups is 1. The summed E-state index contributed by atoms with van der Waals surface area (Å²) in [6.45, 7) is 0. The fourth-order valence-electron chi connectivity index (χ4n) is 1.13. The Morgan fingerprint density at radius 2 is 1.64 bits per heavy atom. The normalized spacial score (nSPS) is 10.0. The van der Waals surface area contributed by atoms with Crippen molar-refractivity contribution < 1.29 is 5.11 Å². The van der Waals surface area contributed by atoms with Gasteiger partial charge in [-0.25, -0.2) is 0 Å². The number of phenolic OH excluding ortho intramolecular Hbond substituents is 1. The fourth-order valence-corrected chi connectivity index (χ4v) is 1.13. The van der Waals surface area contributed by atoms with Gasteiger partial charge in [-0.15, -0.1) is 10.2 Å². The van der Waals surface area contributed by atoms with Gasteiger partial charge >= 0.3 is 0 Å². The van der Waals surface area contributed by atoms with Crippen LogP contribution < -0.4 is 5.73 Å². The molecule has 0 fully saturated rings. The van der Waals surface area contributed by atoms with E-state index in [9.17, 15) is 0 Å². The van der Waals surface area contributed by atoms with Gasteiger partial charge in [0.2, 0.25) is 0 Å². The van der Waals surface area contributed by atoms with Crippen LogP contribution in [0.15, 0.2) is 36.4 Å². The van der Waals surface area contributed by atoms with Gasteiger partial charge in [0, 0.05) is 5.56 Å². The second-order valence-corrected chi connectivity index (χ2v) is 2.89. The lowest BCUT2D eigenvalue weighted by molar-refractivity contribution is 0.475. The third kappa shape index (κ3) is 1.64. The molecule has 0 unspecified atom stereocenters. The van der Waals surface area contributed by atoms with E-state index in [4.69, 9.17) is 10.8 Å². The van der Waals surface area contributed by atoms with Gasteiger partial charge in [-0.2, -0.15) is 0 Å². The first-order chi connectivity index (χ1) is 6.75. The topological polar surface area (TPSA) is 72.0 Å². The van der Waals surface area contributed by atoms with Crippen LogP contribution >= 0.6 is 0 Å². The first-order valence-corrected chi connectivity index (χ1v) is 4.14. The number of benzene rings is 1. The quantitative estimate of drug-likeness (QED) is 0.708. The van der Waals surface area contributed by atoms with E-state index < -0.39 is 0 Å². The Labute approximate surface area is 81.0 Å². The van der Waals surface area contributed by atoms with Gasteiger partial charge in [0.05, 0.1) is 5.69 Å². The highest BCUT2D eigenvalue weighted by atomic mass is 16.3. The van der Waals surface area contributed by atoms with E-state index in [0.29, 0.717) is 5.82 Å². The first-order valence-electron chi connectivity index (χ1n) is 4.14. The molecule has 0 aliphatic carbocycles. The smallest absolute Gasteiger partial charge is 0.146 e. The fraction of sp³-hybridized carbons (Fsp3) is 0. The summed E-state index contributed by atoms with van der Waals surface area (Å²) in [5.74, 6) is 0.629. The van der Waals surface area contributed by atoms with Crippen molar-refractivity contribution in [3.8, 4) is 17.0 Å². The van der Waals surface area contributed by atoms with E-state index in [2.05, 4.69) is 10.2 Å². The Hall–Kier alpha value is -2.10. The molecule has 1 heterocycles. The third-order valence-electron chi connectivity index (χ3n) is 1.85. The highest BCUT2D eigenvalue weighted by Gasteiger charge is 1.99. The molecular formula is C10H9N3O. The molecule has 70 valence electrons. The van der Waals surface area contributed by atoms with Crippen molar-refractivity contribution in [3.63, 3.8) is 0 Å². The zero-order chi connectivity index (χ0) is 9.97. The van der Waals surface area contributed by atoms with E-state index in [1.807, 2.05) is 0 Å². The highest BCUT2D eigenvalue weighted by Crippen LogP contribution is 2.19. The minimum atomic E-state index is 0.233. The Bertz CT molecular complexity index is 379. The van der Waals surface area contributed by atoms with Crippen LogP contribution in [-0.4, -0.2) is 15.3 Å². The van der Waals surface area contributed by atoms with Crippen LogP contribution in [0.5, 0.6) is 5.75 Å². The summed E-state index contributed by atoms with van der Waals surface area (Å²) in [5.41, 5.74) is 7.05. The summed E-state index contributed by atoms with van der Waals surface area (Å²) in [6, 6.07) is 10.2. The third-order valence-corrected chi connectivity index (χ3v) is 1.85. The summed E-state index contributed by atoms with van der Waals surface area (Å²) >= 11 is 0. The van der Waals surface area contributed by atoms with Crippen molar-refractivity contribution in [2.75, 3.05) is 5.73 Å². The van der Waals surface area contributed by atoms with Crippen LogP contribution in [0.1, 0.15) is 0 Å². The van der Waals surface area contributed by atoms with Crippen LogP contribution in [0, 0.1) is 0 Å². The van der Waals surface area contributed by atoms with Crippen LogP contribution in [-0.2, 0) is 0 Å². The zero-order valence-corrected chi connectivity index (χ0v) is 7.38. The predicted molar refractivity (Wildman–Crippen MR) is 53.5 cm³/mol. The van der Waals surface area contributed by atoms with Gasteiger partial charge in [-0.1, -0.05) is 0 Å². The molecule has 0 aliphatic heterocycles. The number of rotatable bonds is 1. The molecule has 0 saturated heterocycles. The molecule has 0 aliphatic rings. The molecule has 0 atom stereocenters. The van der Waals surface area contributed by atoms with Gasteiger partial charge in [0.1, 0.15) is 11.6 Å². The number of hydrogen-bond donors (Lipinski definition) is 2. The summed E-state index contributed by atoms with van der Waals surface area (Å²) < 4.78 is 0. The van der Waals surface area contributed by atoms with E-state index in [1.165, 1.54) is 0 Å². The first kappa shape index (κ1) is 8.50. The minimum absolute atomic E-state index is 0.233. The Kier molecular flexibility index (Phi) is 2.02. The monoisotopic (exact) mass is 187 g/mol. The lowest BCUT2D eigenvalue weighted by Gasteiger charge is -1.99. The van der Waals surface area contributed by atoms with Crippen LogP contribution in [0.3, 0.4) is 0 Å². The van der Waals surface area contributed by atoms with Gasteiger partial charge in [0.25, 0.3) is 0 Å². The van der Waals surface area contributed by atoms with Gasteiger partial charge in [0.15, 0.2) is 0 Å². The molecule has 0 spiro atoms. The highest BCUT2D eigenvalue weighted by molar-refractivity contribution is 5.60. The standard InChI is InChI=1S/C10H9N3O/c11-10-6-5-9(12-13-10)7-1-3-8(14)4-2-7/h1-6,14H,(H2,11,13). The van der Waals surface area contributed by atoms with Crippen molar-refractivity contribution in [1.29, 1.82) is 0 Å². The molecule has 0 radical (unpaired) electrons. The molecule has 1 aromatic carbocycles. The number of nitrogens with two attached hydrogens (primary N) is 1. The summed E-state index contributed by atoms with van der Waals surface area (Å²) in [7, 11) is 0. The van der Waals surface area contributed by atoms with E-state index in [-0.39, 0.29) is 5.75 Å². The molecular weight excluding hydrogens is 178 g/mol. The second-order valence-electron chi connectivity index (χ2n) is 2.89. The summed E-state index contributed by atoms with van der Waals surface area (Å²) in [5, 5.41) is 16.8. The number of aromatic nitrogens is 2. The molecule has 4 heteroatoms. The van der Waals surface area contributed by atoms with Gasteiger partial charge < -0.3 is 10.8 Å². The largest absolute Gasteiger partial charge is 0.508 e. The van der Waals surface area contributed by atoms with Crippen molar-refractivity contribution in [2.45, 2.75) is 0 Å². The number of nitrogens with zero attached hydrogens (tertiary/aromatic N) is 2. The maximum Gasteiger partial charge on any atom is 0.146 e. The summed E-state index contributed by atoms with van der Waals surface area (Å²) in [6.07, 6.45) is 0.